The molecule has 1 saturated carbocycles. The first-order valence-corrected chi connectivity index (χ1v) is 8.97. The zero-order valence-electron chi connectivity index (χ0n) is 12.5. The maximum atomic E-state index is 3.80. The van der Waals surface area contributed by atoms with Crippen molar-refractivity contribution in [2.75, 3.05) is 6.54 Å². The first-order valence-electron chi connectivity index (χ1n) is 8.09. The number of hydrogen-bond donors (Lipinski definition) is 1. The fraction of sp³-hybridized carbons (Fsp3) is 0.765. The Balaban J connectivity index is 1.86. The number of nitrogens with one attached hydrogen (secondary N) is 1. The van der Waals surface area contributed by atoms with Crippen LogP contribution in [0.15, 0.2) is 17.5 Å². The van der Waals surface area contributed by atoms with E-state index >= 15 is 0 Å². The summed E-state index contributed by atoms with van der Waals surface area (Å²) in [6.45, 7) is 5.82. The van der Waals surface area contributed by atoms with E-state index in [9.17, 15) is 0 Å². The summed E-state index contributed by atoms with van der Waals surface area (Å²) in [6, 6.07) is 5.25. The molecule has 0 amide bonds. The summed E-state index contributed by atoms with van der Waals surface area (Å²) in [4.78, 5) is 1.56. The molecule has 0 saturated heterocycles. The predicted molar refractivity (Wildman–Crippen MR) is 85.8 cm³/mol. The van der Waals surface area contributed by atoms with Gasteiger partial charge in [0.25, 0.3) is 0 Å². The van der Waals surface area contributed by atoms with Crippen LogP contribution in [0.1, 0.15) is 57.2 Å². The number of thiophene rings is 1. The van der Waals surface area contributed by atoms with Crippen LogP contribution < -0.4 is 5.32 Å². The molecule has 1 heterocycles. The van der Waals surface area contributed by atoms with Crippen molar-refractivity contribution in [3.63, 3.8) is 0 Å². The van der Waals surface area contributed by atoms with Crippen molar-refractivity contribution < 1.29 is 0 Å². The quantitative estimate of drug-likeness (QED) is 0.750. The first-order chi connectivity index (χ1) is 9.33. The minimum atomic E-state index is 0.780. The van der Waals surface area contributed by atoms with Gasteiger partial charge in [-0.15, -0.1) is 11.3 Å². The summed E-state index contributed by atoms with van der Waals surface area (Å²) in [5.74, 6) is 1.88. The Morgan fingerprint density at radius 3 is 2.89 bits per heavy atom. The molecule has 3 atom stereocenters. The fourth-order valence-electron chi connectivity index (χ4n) is 3.43. The van der Waals surface area contributed by atoms with Gasteiger partial charge in [0.05, 0.1) is 0 Å². The SMILES string of the molecule is CCCNC1CCC(CC)CC1CCc1cccs1. The highest BCUT2D eigenvalue weighted by Gasteiger charge is 2.28. The van der Waals surface area contributed by atoms with Crippen LogP contribution in [0.4, 0.5) is 0 Å². The van der Waals surface area contributed by atoms with Gasteiger partial charge in [-0.1, -0.05) is 26.3 Å². The molecule has 1 aromatic rings. The van der Waals surface area contributed by atoms with E-state index in [0.717, 1.165) is 17.9 Å². The standard InChI is InChI=1S/C17H29NS/c1-3-11-18-17-10-7-14(4-2)13-15(17)8-9-16-6-5-12-19-16/h5-6,12,14-15,17-18H,3-4,7-11,13H2,1-2H3. The van der Waals surface area contributed by atoms with E-state index in [1.807, 2.05) is 11.3 Å². The molecule has 0 aromatic carbocycles. The van der Waals surface area contributed by atoms with E-state index in [2.05, 4.69) is 36.7 Å². The lowest BCUT2D eigenvalue weighted by molar-refractivity contribution is 0.190. The second-order valence-corrected chi connectivity index (χ2v) is 7.06. The van der Waals surface area contributed by atoms with Crippen molar-refractivity contribution in [1.29, 1.82) is 0 Å². The molecule has 2 rings (SSSR count). The van der Waals surface area contributed by atoms with Gasteiger partial charge in [-0.3, -0.25) is 0 Å². The summed E-state index contributed by atoms with van der Waals surface area (Å²) in [5, 5.41) is 6.01. The number of rotatable bonds is 7. The fourth-order valence-corrected chi connectivity index (χ4v) is 4.16. The van der Waals surface area contributed by atoms with Gasteiger partial charge in [-0.2, -0.15) is 0 Å². The minimum Gasteiger partial charge on any atom is -0.314 e. The van der Waals surface area contributed by atoms with E-state index in [4.69, 9.17) is 0 Å². The second kappa shape index (κ2) is 8.06. The molecule has 0 aliphatic heterocycles. The first kappa shape index (κ1) is 15.1. The van der Waals surface area contributed by atoms with Gasteiger partial charge in [0.15, 0.2) is 0 Å². The predicted octanol–water partition coefficient (Wildman–Crippen LogP) is 4.88. The number of aryl methyl sites for hydroxylation is 1. The van der Waals surface area contributed by atoms with Crippen molar-refractivity contribution in [1.82, 2.24) is 5.32 Å². The minimum absolute atomic E-state index is 0.780. The Morgan fingerprint density at radius 1 is 1.32 bits per heavy atom. The van der Waals surface area contributed by atoms with Gasteiger partial charge >= 0.3 is 0 Å². The molecule has 0 spiro atoms. The highest BCUT2D eigenvalue weighted by molar-refractivity contribution is 7.09. The molecule has 1 N–H and O–H groups in total. The Labute approximate surface area is 122 Å². The summed E-state index contributed by atoms with van der Waals surface area (Å²) in [7, 11) is 0. The molecule has 0 bridgehead atoms. The van der Waals surface area contributed by atoms with Crippen molar-refractivity contribution in [2.45, 2.75) is 64.8 Å². The normalized spacial score (nSPS) is 27.6. The van der Waals surface area contributed by atoms with Crippen LogP contribution in [0.2, 0.25) is 0 Å². The van der Waals surface area contributed by atoms with Gasteiger partial charge in [-0.05, 0) is 68.4 Å². The monoisotopic (exact) mass is 279 g/mol. The van der Waals surface area contributed by atoms with Crippen molar-refractivity contribution in [3.05, 3.63) is 22.4 Å². The molecule has 0 radical (unpaired) electrons. The molecular formula is C17H29NS. The summed E-state index contributed by atoms with van der Waals surface area (Å²) in [5.41, 5.74) is 0. The lowest BCUT2D eigenvalue weighted by atomic mass is 9.75. The highest BCUT2D eigenvalue weighted by Crippen LogP contribution is 2.34. The van der Waals surface area contributed by atoms with Crippen LogP contribution in [0, 0.1) is 11.8 Å². The van der Waals surface area contributed by atoms with Gasteiger partial charge in [-0.25, -0.2) is 0 Å². The largest absolute Gasteiger partial charge is 0.314 e. The molecular weight excluding hydrogens is 250 g/mol. The zero-order valence-corrected chi connectivity index (χ0v) is 13.3. The lowest BCUT2D eigenvalue weighted by Crippen LogP contribution is -2.41. The molecule has 1 nitrogen and oxygen atoms in total. The van der Waals surface area contributed by atoms with Crippen molar-refractivity contribution in [2.24, 2.45) is 11.8 Å². The number of hydrogen-bond acceptors (Lipinski definition) is 2. The van der Waals surface area contributed by atoms with Crippen molar-refractivity contribution in [3.8, 4) is 0 Å². The Morgan fingerprint density at radius 2 is 2.21 bits per heavy atom. The third-order valence-corrected chi connectivity index (χ3v) is 5.60. The molecule has 1 aliphatic carbocycles. The van der Waals surface area contributed by atoms with E-state index < -0.39 is 0 Å². The summed E-state index contributed by atoms with van der Waals surface area (Å²) in [6.07, 6.45) is 9.56. The van der Waals surface area contributed by atoms with Gasteiger partial charge in [0.1, 0.15) is 0 Å². The second-order valence-electron chi connectivity index (χ2n) is 6.03. The highest BCUT2D eigenvalue weighted by atomic mass is 32.1. The third-order valence-electron chi connectivity index (χ3n) is 4.67. The molecule has 1 aliphatic rings. The van der Waals surface area contributed by atoms with E-state index in [1.54, 1.807) is 4.88 Å². The smallest absolute Gasteiger partial charge is 0.00956 e. The average molecular weight is 279 g/mol. The van der Waals surface area contributed by atoms with Crippen LogP contribution in [-0.2, 0) is 6.42 Å². The van der Waals surface area contributed by atoms with Crippen LogP contribution in [0.25, 0.3) is 0 Å². The summed E-state index contributed by atoms with van der Waals surface area (Å²) >= 11 is 1.92. The maximum Gasteiger partial charge on any atom is 0.00956 e. The summed E-state index contributed by atoms with van der Waals surface area (Å²) < 4.78 is 0. The molecule has 19 heavy (non-hydrogen) atoms. The molecule has 1 fully saturated rings. The molecule has 1 aromatic heterocycles. The average Bonchev–Trinajstić information content (AvgIpc) is 2.96. The van der Waals surface area contributed by atoms with Gasteiger partial charge < -0.3 is 5.32 Å². The maximum absolute atomic E-state index is 3.80. The van der Waals surface area contributed by atoms with Gasteiger partial charge in [0, 0.05) is 10.9 Å². The van der Waals surface area contributed by atoms with Crippen LogP contribution in [-0.4, -0.2) is 12.6 Å². The van der Waals surface area contributed by atoms with Crippen LogP contribution >= 0.6 is 11.3 Å². The van der Waals surface area contributed by atoms with Crippen LogP contribution in [0.3, 0.4) is 0 Å². The molecule has 2 heteroatoms. The molecule has 108 valence electrons. The van der Waals surface area contributed by atoms with Crippen molar-refractivity contribution >= 4 is 11.3 Å². The van der Waals surface area contributed by atoms with E-state index in [0.29, 0.717) is 0 Å². The van der Waals surface area contributed by atoms with E-state index in [-0.39, 0.29) is 0 Å². The zero-order chi connectivity index (χ0) is 13.5. The topological polar surface area (TPSA) is 12.0 Å². The Hall–Kier alpha value is -0.340. The Kier molecular flexibility index (Phi) is 6.39. The van der Waals surface area contributed by atoms with Crippen LogP contribution in [0.5, 0.6) is 0 Å². The molecule has 3 unspecified atom stereocenters. The van der Waals surface area contributed by atoms with E-state index in [1.165, 1.54) is 51.5 Å². The van der Waals surface area contributed by atoms with Gasteiger partial charge in [0.2, 0.25) is 0 Å². The third kappa shape index (κ3) is 4.61. The Bertz CT molecular complexity index is 333. The lowest BCUT2D eigenvalue weighted by Gasteiger charge is -2.36.